The molecule has 1 fully saturated rings. The summed E-state index contributed by atoms with van der Waals surface area (Å²) >= 11 is 0. The number of rotatable bonds is 5. The number of hydrogen-bond donors (Lipinski definition) is 1. The first-order valence-electron chi connectivity index (χ1n) is 5.47. The number of hydrogen-bond acceptors (Lipinski definition) is 3. The molecular weight excluding hydrogens is 192 g/mol. The second-order valence-corrected chi connectivity index (χ2v) is 4.04. The summed E-state index contributed by atoms with van der Waals surface area (Å²) in [6.07, 6.45) is 4.41. The van der Waals surface area contributed by atoms with E-state index in [1.54, 1.807) is 0 Å². The van der Waals surface area contributed by atoms with Crippen LogP contribution in [0.2, 0.25) is 0 Å². The Labute approximate surface area is 88.6 Å². The molecule has 82 valence electrons. The molecule has 1 aromatic heterocycles. The third-order valence-electron chi connectivity index (χ3n) is 2.69. The zero-order valence-electron chi connectivity index (χ0n) is 8.94. The number of nitrogens with two attached hydrogens (primary N) is 1. The van der Waals surface area contributed by atoms with Gasteiger partial charge in [-0.25, -0.2) is 4.68 Å². The fraction of sp³-hybridized carbons (Fsp3) is 0.700. The van der Waals surface area contributed by atoms with E-state index in [4.69, 9.17) is 5.73 Å². The van der Waals surface area contributed by atoms with Gasteiger partial charge in [0.2, 0.25) is 0 Å². The van der Waals surface area contributed by atoms with Crippen molar-refractivity contribution in [2.45, 2.75) is 45.1 Å². The summed E-state index contributed by atoms with van der Waals surface area (Å²) in [5.41, 5.74) is 6.59. The molecule has 0 aromatic carbocycles. The van der Waals surface area contributed by atoms with Crippen LogP contribution < -0.4 is 5.73 Å². The Morgan fingerprint density at radius 1 is 1.60 bits per heavy atom. The molecule has 5 heteroatoms. The molecule has 0 spiro atoms. The Morgan fingerprint density at radius 3 is 2.87 bits per heavy atom. The molecule has 1 heterocycles. The summed E-state index contributed by atoms with van der Waals surface area (Å²) in [4.78, 5) is 11.1. The number of carbonyl (C=O) groups is 1. The zero-order chi connectivity index (χ0) is 10.8. The van der Waals surface area contributed by atoms with Crippen LogP contribution in [0.3, 0.4) is 0 Å². The van der Waals surface area contributed by atoms with Gasteiger partial charge in [0.1, 0.15) is 0 Å². The number of nitrogens with zero attached hydrogens (tertiary/aromatic N) is 3. The summed E-state index contributed by atoms with van der Waals surface area (Å²) < 4.78 is 1.85. The molecule has 0 bridgehead atoms. The van der Waals surface area contributed by atoms with E-state index < -0.39 is 5.91 Å². The topological polar surface area (TPSA) is 73.8 Å². The quantitative estimate of drug-likeness (QED) is 0.786. The number of amides is 1. The van der Waals surface area contributed by atoms with Crippen molar-refractivity contribution in [3.05, 3.63) is 11.4 Å². The van der Waals surface area contributed by atoms with E-state index in [0.717, 1.165) is 37.9 Å². The summed E-state index contributed by atoms with van der Waals surface area (Å²) in [6, 6.07) is 0. The van der Waals surface area contributed by atoms with Crippen LogP contribution in [0.15, 0.2) is 0 Å². The molecule has 15 heavy (non-hydrogen) atoms. The molecule has 0 saturated heterocycles. The van der Waals surface area contributed by atoms with Crippen molar-refractivity contribution in [2.24, 2.45) is 5.73 Å². The predicted octanol–water partition coefficient (Wildman–Crippen LogP) is 1.05. The number of carbonyl (C=O) groups excluding carboxylic acids is 1. The van der Waals surface area contributed by atoms with Crippen LogP contribution >= 0.6 is 0 Å². The Bertz CT molecular complexity index is 367. The van der Waals surface area contributed by atoms with Crippen LogP contribution in [0, 0.1) is 0 Å². The van der Waals surface area contributed by atoms with Crippen molar-refractivity contribution in [1.29, 1.82) is 0 Å². The van der Waals surface area contributed by atoms with Gasteiger partial charge in [0.15, 0.2) is 5.69 Å². The van der Waals surface area contributed by atoms with Crippen LogP contribution in [0.25, 0.3) is 0 Å². The van der Waals surface area contributed by atoms with E-state index in [1.807, 2.05) is 4.68 Å². The van der Waals surface area contributed by atoms with Gasteiger partial charge in [-0.3, -0.25) is 4.79 Å². The van der Waals surface area contributed by atoms with Crippen molar-refractivity contribution < 1.29 is 4.79 Å². The van der Waals surface area contributed by atoms with Gasteiger partial charge in [-0.2, -0.15) is 0 Å². The second kappa shape index (κ2) is 4.00. The van der Waals surface area contributed by atoms with E-state index in [-0.39, 0.29) is 0 Å². The molecule has 0 unspecified atom stereocenters. The maximum atomic E-state index is 11.1. The van der Waals surface area contributed by atoms with Crippen molar-refractivity contribution in [3.8, 4) is 0 Å². The maximum Gasteiger partial charge on any atom is 0.271 e. The summed E-state index contributed by atoms with van der Waals surface area (Å²) in [6.45, 7) is 2.96. The monoisotopic (exact) mass is 208 g/mol. The molecule has 2 N–H and O–H groups in total. The van der Waals surface area contributed by atoms with Gasteiger partial charge >= 0.3 is 0 Å². The van der Waals surface area contributed by atoms with Gasteiger partial charge in [-0.05, 0) is 19.3 Å². The van der Waals surface area contributed by atoms with Crippen LogP contribution in [0.1, 0.15) is 54.7 Å². The molecule has 1 saturated carbocycles. The minimum Gasteiger partial charge on any atom is -0.364 e. The molecule has 1 aromatic rings. The normalized spacial score (nSPS) is 15.5. The highest BCUT2D eigenvalue weighted by Crippen LogP contribution is 2.41. The molecule has 1 aliphatic carbocycles. The van der Waals surface area contributed by atoms with Gasteiger partial charge in [-0.15, -0.1) is 5.10 Å². The lowest BCUT2D eigenvalue weighted by Crippen LogP contribution is -2.15. The third-order valence-corrected chi connectivity index (χ3v) is 2.69. The van der Waals surface area contributed by atoms with Crippen LogP contribution in [-0.2, 0) is 6.54 Å². The van der Waals surface area contributed by atoms with Gasteiger partial charge in [0, 0.05) is 12.5 Å². The first-order valence-corrected chi connectivity index (χ1v) is 5.47. The Morgan fingerprint density at radius 2 is 2.33 bits per heavy atom. The molecule has 2 rings (SSSR count). The van der Waals surface area contributed by atoms with E-state index in [0.29, 0.717) is 11.6 Å². The average molecular weight is 208 g/mol. The highest BCUT2D eigenvalue weighted by atomic mass is 16.1. The molecule has 1 aliphatic rings. The average Bonchev–Trinajstić information content (AvgIpc) is 2.95. The fourth-order valence-corrected chi connectivity index (χ4v) is 1.73. The number of aromatic nitrogens is 3. The highest BCUT2D eigenvalue weighted by molar-refractivity contribution is 5.92. The molecular formula is C10H16N4O. The molecule has 5 nitrogen and oxygen atoms in total. The van der Waals surface area contributed by atoms with Gasteiger partial charge in [0.25, 0.3) is 5.91 Å². The van der Waals surface area contributed by atoms with E-state index in [9.17, 15) is 4.79 Å². The third kappa shape index (κ3) is 2.00. The SMILES string of the molecule is CCCCn1nnc(C(N)=O)c1C1CC1. The first kappa shape index (κ1) is 10.1. The van der Waals surface area contributed by atoms with Gasteiger partial charge in [0.05, 0.1) is 5.69 Å². The molecule has 0 radical (unpaired) electrons. The largest absolute Gasteiger partial charge is 0.364 e. The van der Waals surface area contributed by atoms with Crippen molar-refractivity contribution >= 4 is 5.91 Å². The van der Waals surface area contributed by atoms with Gasteiger partial charge in [-0.1, -0.05) is 18.6 Å². The van der Waals surface area contributed by atoms with Crippen molar-refractivity contribution in [2.75, 3.05) is 0 Å². The van der Waals surface area contributed by atoms with E-state index >= 15 is 0 Å². The Balaban J connectivity index is 2.25. The number of primary amides is 1. The van der Waals surface area contributed by atoms with Crippen LogP contribution in [0.5, 0.6) is 0 Å². The van der Waals surface area contributed by atoms with Crippen LogP contribution in [0.4, 0.5) is 0 Å². The minimum atomic E-state index is -0.459. The first-order chi connectivity index (χ1) is 7.24. The van der Waals surface area contributed by atoms with Crippen LogP contribution in [-0.4, -0.2) is 20.9 Å². The lowest BCUT2D eigenvalue weighted by molar-refractivity contribution is 0.0994. The molecule has 1 amide bonds. The summed E-state index contributed by atoms with van der Waals surface area (Å²) in [5, 5.41) is 7.87. The fourth-order valence-electron chi connectivity index (χ4n) is 1.73. The molecule has 0 atom stereocenters. The Hall–Kier alpha value is -1.39. The summed E-state index contributed by atoms with van der Waals surface area (Å²) in [5.74, 6) is -0.000922. The van der Waals surface area contributed by atoms with Crippen molar-refractivity contribution in [3.63, 3.8) is 0 Å². The smallest absolute Gasteiger partial charge is 0.271 e. The second-order valence-electron chi connectivity index (χ2n) is 4.04. The van der Waals surface area contributed by atoms with Crippen molar-refractivity contribution in [1.82, 2.24) is 15.0 Å². The lowest BCUT2D eigenvalue weighted by atomic mass is 10.2. The molecule has 0 aliphatic heterocycles. The van der Waals surface area contributed by atoms with E-state index in [2.05, 4.69) is 17.2 Å². The zero-order valence-corrected chi connectivity index (χ0v) is 8.94. The maximum absolute atomic E-state index is 11.1. The summed E-state index contributed by atoms with van der Waals surface area (Å²) in [7, 11) is 0. The standard InChI is InChI=1S/C10H16N4O/c1-2-3-6-14-9(7-4-5-7)8(10(11)15)12-13-14/h7H,2-6H2,1H3,(H2,11,15). The number of unbranched alkanes of at least 4 members (excludes halogenated alkanes) is 1. The predicted molar refractivity (Wildman–Crippen MR) is 55.4 cm³/mol. The minimum absolute atomic E-state index is 0.369. The Kier molecular flexibility index (Phi) is 2.70. The van der Waals surface area contributed by atoms with E-state index in [1.165, 1.54) is 0 Å². The number of aryl methyl sites for hydroxylation is 1. The highest BCUT2D eigenvalue weighted by Gasteiger charge is 2.32. The van der Waals surface area contributed by atoms with Gasteiger partial charge < -0.3 is 5.73 Å². The lowest BCUT2D eigenvalue weighted by Gasteiger charge is -2.04.